The van der Waals surface area contributed by atoms with Crippen molar-refractivity contribution in [2.75, 3.05) is 13.2 Å². The van der Waals surface area contributed by atoms with Gasteiger partial charge in [0.15, 0.2) is 5.78 Å². The lowest BCUT2D eigenvalue weighted by molar-refractivity contribution is 0.0900. The van der Waals surface area contributed by atoms with Gasteiger partial charge in [0.05, 0.1) is 6.61 Å². The van der Waals surface area contributed by atoms with E-state index in [1.165, 1.54) is 0 Å². The predicted octanol–water partition coefficient (Wildman–Crippen LogP) is 2.06. The number of pyridine rings is 1. The quantitative estimate of drug-likeness (QED) is 0.760. The lowest BCUT2D eigenvalue weighted by Gasteiger charge is -2.05. The van der Waals surface area contributed by atoms with E-state index in [0.29, 0.717) is 18.8 Å². The largest absolute Gasteiger partial charge is 0.381 e. The molecule has 74 valence electrons. The van der Waals surface area contributed by atoms with Crippen LogP contribution in [0, 0.1) is 5.92 Å². The molecule has 1 aliphatic heterocycles. The van der Waals surface area contributed by atoms with Gasteiger partial charge in [-0.05, 0) is 28.4 Å². The van der Waals surface area contributed by atoms with Crippen LogP contribution in [0.3, 0.4) is 0 Å². The van der Waals surface area contributed by atoms with Crippen LogP contribution >= 0.6 is 15.9 Å². The van der Waals surface area contributed by atoms with Crippen LogP contribution in [0.15, 0.2) is 22.9 Å². The molecule has 2 heterocycles. The molecule has 4 heteroatoms. The molecule has 3 nitrogen and oxygen atoms in total. The number of ketones is 1. The van der Waals surface area contributed by atoms with Crippen LogP contribution in [0.25, 0.3) is 0 Å². The maximum absolute atomic E-state index is 11.9. The number of carbonyl (C=O) groups is 1. The zero-order chi connectivity index (χ0) is 9.97. The fraction of sp³-hybridized carbons (Fsp3) is 0.400. The van der Waals surface area contributed by atoms with Gasteiger partial charge in [-0.2, -0.15) is 0 Å². The fourth-order valence-corrected chi connectivity index (χ4v) is 1.89. The van der Waals surface area contributed by atoms with Crippen LogP contribution in [0.4, 0.5) is 0 Å². The van der Waals surface area contributed by atoms with Gasteiger partial charge in [0.25, 0.3) is 0 Å². The van der Waals surface area contributed by atoms with Gasteiger partial charge < -0.3 is 4.74 Å². The van der Waals surface area contributed by atoms with Crippen molar-refractivity contribution in [3.05, 3.63) is 28.5 Å². The first-order valence-corrected chi connectivity index (χ1v) is 5.29. The number of ether oxygens (including phenoxy) is 1. The summed E-state index contributed by atoms with van der Waals surface area (Å²) in [6.45, 7) is 1.24. The van der Waals surface area contributed by atoms with E-state index < -0.39 is 0 Å². The number of halogens is 1. The zero-order valence-electron chi connectivity index (χ0n) is 7.57. The van der Waals surface area contributed by atoms with Gasteiger partial charge in [0.1, 0.15) is 0 Å². The summed E-state index contributed by atoms with van der Waals surface area (Å²) in [5.41, 5.74) is 0.662. The van der Waals surface area contributed by atoms with E-state index in [1.807, 2.05) is 0 Å². The molecule has 0 spiro atoms. The highest BCUT2D eigenvalue weighted by Gasteiger charge is 2.24. The summed E-state index contributed by atoms with van der Waals surface area (Å²) in [5.74, 6) is 0.155. The van der Waals surface area contributed by atoms with Crippen molar-refractivity contribution in [1.29, 1.82) is 0 Å². The zero-order valence-corrected chi connectivity index (χ0v) is 9.16. The average molecular weight is 256 g/mol. The van der Waals surface area contributed by atoms with Gasteiger partial charge in [-0.1, -0.05) is 0 Å². The second kappa shape index (κ2) is 4.19. The Balaban J connectivity index is 2.17. The SMILES string of the molecule is O=C(c1cncc(Br)c1)C1CCOC1. The van der Waals surface area contributed by atoms with Gasteiger partial charge in [0.2, 0.25) is 0 Å². The lowest BCUT2D eigenvalue weighted by Crippen LogP contribution is -2.14. The Labute approximate surface area is 90.6 Å². The molecule has 0 saturated carbocycles. The minimum atomic E-state index is 0.0195. The van der Waals surface area contributed by atoms with Crippen LogP contribution in [0.5, 0.6) is 0 Å². The Kier molecular flexibility index (Phi) is 2.93. The number of rotatable bonds is 2. The molecule has 0 N–H and O–H groups in total. The van der Waals surface area contributed by atoms with Crippen LogP contribution < -0.4 is 0 Å². The predicted molar refractivity (Wildman–Crippen MR) is 55.2 cm³/mol. The first-order valence-electron chi connectivity index (χ1n) is 4.50. The number of carbonyl (C=O) groups excluding carboxylic acids is 1. The number of nitrogens with zero attached hydrogens (tertiary/aromatic N) is 1. The highest BCUT2D eigenvalue weighted by Crippen LogP contribution is 2.19. The lowest BCUT2D eigenvalue weighted by atomic mass is 9.98. The number of Topliss-reactive ketones (excluding diaryl/α,β-unsaturated/α-hetero) is 1. The smallest absolute Gasteiger partial charge is 0.169 e. The van der Waals surface area contributed by atoms with Gasteiger partial charge in [0, 0.05) is 35.0 Å². The molecule has 1 aliphatic rings. The van der Waals surface area contributed by atoms with Crippen LogP contribution in [-0.2, 0) is 4.74 Å². The molecule has 1 saturated heterocycles. The molecule has 1 atom stereocenters. The van der Waals surface area contributed by atoms with Gasteiger partial charge in [-0.25, -0.2) is 0 Å². The topological polar surface area (TPSA) is 39.2 Å². The van der Waals surface area contributed by atoms with Crippen LogP contribution in [-0.4, -0.2) is 24.0 Å². The average Bonchev–Trinajstić information content (AvgIpc) is 2.69. The van der Waals surface area contributed by atoms with E-state index in [2.05, 4.69) is 20.9 Å². The van der Waals surface area contributed by atoms with Crippen LogP contribution in [0.2, 0.25) is 0 Å². The summed E-state index contributed by atoms with van der Waals surface area (Å²) in [5, 5.41) is 0. The van der Waals surface area contributed by atoms with E-state index in [-0.39, 0.29) is 11.7 Å². The van der Waals surface area contributed by atoms with Crippen molar-refractivity contribution in [3.8, 4) is 0 Å². The second-order valence-corrected chi connectivity index (χ2v) is 4.23. The van der Waals surface area contributed by atoms with Crippen molar-refractivity contribution < 1.29 is 9.53 Å². The molecule has 1 aromatic rings. The third-order valence-electron chi connectivity index (χ3n) is 2.29. The van der Waals surface area contributed by atoms with Crippen molar-refractivity contribution in [3.63, 3.8) is 0 Å². The van der Waals surface area contributed by atoms with Crippen molar-refractivity contribution >= 4 is 21.7 Å². The van der Waals surface area contributed by atoms with Gasteiger partial charge in [-0.3, -0.25) is 9.78 Å². The second-order valence-electron chi connectivity index (χ2n) is 3.32. The van der Waals surface area contributed by atoms with E-state index in [4.69, 9.17) is 4.74 Å². The number of hydrogen-bond acceptors (Lipinski definition) is 3. The molecule has 0 bridgehead atoms. The summed E-state index contributed by atoms with van der Waals surface area (Å²) in [6.07, 6.45) is 4.10. The maximum Gasteiger partial charge on any atom is 0.169 e. The van der Waals surface area contributed by atoms with Gasteiger partial charge >= 0.3 is 0 Å². The molecule has 0 aromatic carbocycles. The third-order valence-corrected chi connectivity index (χ3v) is 2.72. The molecule has 14 heavy (non-hydrogen) atoms. The van der Waals surface area contributed by atoms with E-state index in [1.54, 1.807) is 18.5 Å². The fourth-order valence-electron chi connectivity index (χ4n) is 1.52. The molecule has 0 aliphatic carbocycles. The highest BCUT2D eigenvalue weighted by atomic mass is 79.9. The Morgan fingerprint density at radius 1 is 1.57 bits per heavy atom. The minimum absolute atomic E-state index is 0.0195. The van der Waals surface area contributed by atoms with Crippen molar-refractivity contribution in [2.45, 2.75) is 6.42 Å². The van der Waals surface area contributed by atoms with E-state index in [9.17, 15) is 4.79 Å². The Hall–Kier alpha value is -0.740. The molecular weight excluding hydrogens is 246 g/mol. The monoisotopic (exact) mass is 255 g/mol. The van der Waals surface area contributed by atoms with Crippen molar-refractivity contribution in [2.24, 2.45) is 5.92 Å². The van der Waals surface area contributed by atoms with E-state index in [0.717, 1.165) is 10.9 Å². The minimum Gasteiger partial charge on any atom is -0.381 e. The Morgan fingerprint density at radius 3 is 3.07 bits per heavy atom. The van der Waals surface area contributed by atoms with Gasteiger partial charge in [-0.15, -0.1) is 0 Å². The molecular formula is C10H10BrNO2. The molecule has 0 amide bonds. The standard InChI is InChI=1S/C10H10BrNO2/c11-9-3-8(4-12-5-9)10(13)7-1-2-14-6-7/h3-5,7H,1-2,6H2. The summed E-state index contributed by atoms with van der Waals surface area (Å²) in [7, 11) is 0. The molecule has 2 rings (SSSR count). The third kappa shape index (κ3) is 2.01. The summed E-state index contributed by atoms with van der Waals surface area (Å²) in [6, 6.07) is 1.80. The Morgan fingerprint density at radius 2 is 2.43 bits per heavy atom. The highest BCUT2D eigenvalue weighted by molar-refractivity contribution is 9.10. The normalized spacial score (nSPS) is 21.1. The number of hydrogen-bond donors (Lipinski definition) is 0. The first kappa shape index (κ1) is 9.80. The molecule has 1 aromatic heterocycles. The Bertz CT molecular complexity index is 348. The van der Waals surface area contributed by atoms with Crippen LogP contribution in [0.1, 0.15) is 16.8 Å². The summed E-state index contributed by atoms with van der Waals surface area (Å²) < 4.78 is 6.01. The molecule has 1 fully saturated rings. The number of aromatic nitrogens is 1. The molecule has 0 radical (unpaired) electrons. The summed E-state index contributed by atoms with van der Waals surface area (Å²) >= 11 is 3.29. The first-order chi connectivity index (χ1) is 6.77. The maximum atomic E-state index is 11.9. The van der Waals surface area contributed by atoms with E-state index >= 15 is 0 Å². The molecule has 1 unspecified atom stereocenters. The van der Waals surface area contributed by atoms with Crippen molar-refractivity contribution in [1.82, 2.24) is 4.98 Å². The summed E-state index contributed by atoms with van der Waals surface area (Å²) in [4.78, 5) is 15.8.